The zero-order valence-electron chi connectivity index (χ0n) is 17.6. The van der Waals surface area contributed by atoms with Crippen LogP contribution in [0.4, 0.5) is 5.69 Å². The number of carbonyl (C=O) groups is 1. The highest BCUT2D eigenvalue weighted by atomic mass is 32.2. The van der Waals surface area contributed by atoms with Crippen molar-refractivity contribution in [1.29, 1.82) is 0 Å². The van der Waals surface area contributed by atoms with E-state index in [1.807, 2.05) is 19.1 Å². The number of sulfonamides is 1. The molecule has 0 aromatic heterocycles. The van der Waals surface area contributed by atoms with Crippen molar-refractivity contribution in [3.05, 3.63) is 48.0 Å². The number of nitrogens with one attached hydrogen (secondary N) is 1. The second-order valence-electron chi connectivity index (χ2n) is 7.25. The summed E-state index contributed by atoms with van der Waals surface area (Å²) in [5, 5.41) is 2.90. The van der Waals surface area contributed by atoms with Crippen molar-refractivity contribution in [3.63, 3.8) is 0 Å². The monoisotopic (exact) mass is 432 g/mol. The molecule has 0 bridgehead atoms. The molecule has 1 atom stereocenters. The number of rotatable bonds is 7. The second-order valence-corrected chi connectivity index (χ2v) is 9.19. The van der Waals surface area contributed by atoms with E-state index >= 15 is 0 Å². The van der Waals surface area contributed by atoms with Crippen LogP contribution in [0.1, 0.15) is 25.3 Å². The molecule has 1 saturated heterocycles. The van der Waals surface area contributed by atoms with Gasteiger partial charge in [-0.15, -0.1) is 0 Å². The van der Waals surface area contributed by atoms with E-state index in [2.05, 4.69) is 5.32 Å². The maximum absolute atomic E-state index is 13.1. The summed E-state index contributed by atoms with van der Waals surface area (Å²) in [5.41, 5.74) is 1.34. The number of ether oxygens (including phenoxy) is 2. The highest BCUT2D eigenvalue weighted by molar-refractivity contribution is 7.89. The number of hydrogen-bond donors (Lipinski definition) is 1. The highest BCUT2D eigenvalue weighted by Gasteiger charge is 2.33. The summed E-state index contributed by atoms with van der Waals surface area (Å²) in [5.74, 6) is 0.607. The molecule has 0 aliphatic carbocycles. The minimum Gasteiger partial charge on any atom is -0.496 e. The summed E-state index contributed by atoms with van der Waals surface area (Å²) in [6, 6.07) is 12.0. The molecule has 1 N–H and O–H groups in total. The number of amides is 1. The standard InChI is InChI=1S/C22H28N2O5S/c1-4-29-21-10-6-5-9-19(21)23-22(25)17-8-7-13-24(15-17)30(26,27)18-11-12-20(28-3)16(2)14-18/h5-6,9-12,14,17H,4,7-8,13,15H2,1-3H3,(H,23,25)/t17-/m1/s1. The quantitative estimate of drug-likeness (QED) is 0.724. The van der Waals surface area contributed by atoms with Crippen LogP contribution in [0.2, 0.25) is 0 Å². The third-order valence-electron chi connectivity index (χ3n) is 5.20. The molecule has 2 aromatic carbocycles. The molecule has 2 aromatic rings. The number of hydrogen-bond acceptors (Lipinski definition) is 5. The molecule has 162 valence electrons. The van der Waals surface area contributed by atoms with Crippen molar-refractivity contribution in [2.24, 2.45) is 5.92 Å². The Kier molecular flexibility index (Phi) is 6.99. The van der Waals surface area contributed by atoms with Crippen LogP contribution in [-0.4, -0.2) is 45.4 Å². The van der Waals surface area contributed by atoms with Crippen LogP contribution in [0, 0.1) is 12.8 Å². The van der Waals surface area contributed by atoms with Crippen LogP contribution >= 0.6 is 0 Å². The van der Waals surface area contributed by atoms with Crippen molar-refractivity contribution in [3.8, 4) is 11.5 Å². The number of para-hydroxylation sites is 2. The van der Waals surface area contributed by atoms with Crippen LogP contribution in [-0.2, 0) is 14.8 Å². The van der Waals surface area contributed by atoms with Crippen molar-refractivity contribution in [2.75, 3.05) is 32.1 Å². The van der Waals surface area contributed by atoms with E-state index in [1.165, 1.54) is 4.31 Å². The molecule has 1 aliphatic rings. The van der Waals surface area contributed by atoms with E-state index in [1.54, 1.807) is 44.4 Å². The third kappa shape index (κ3) is 4.76. The molecule has 7 nitrogen and oxygen atoms in total. The lowest BCUT2D eigenvalue weighted by atomic mass is 9.98. The summed E-state index contributed by atoms with van der Waals surface area (Å²) >= 11 is 0. The predicted molar refractivity (Wildman–Crippen MR) is 115 cm³/mol. The molecule has 0 radical (unpaired) electrons. The van der Waals surface area contributed by atoms with Gasteiger partial charge in [0.15, 0.2) is 0 Å². The molecule has 1 fully saturated rings. The van der Waals surface area contributed by atoms with Gasteiger partial charge in [0.25, 0.3) is 0 Å². The molecule has 0 saturated carbocycles. The van der Waals surface area contributed by atoms with Crippen LogP contribution in [0.25, 0.3) is 0 Å². The first-order valence-corrected chi connectivity index (χ1v) is 11.5. The number of anilines is 1. The fourth-order valence-electron chi connectivity index (χ4n) is 3.62. The SMILES string of the molecule is CCOc1ccccc1NC(=O)[C@@H]1CCCN(S(=O)(=O)c2ccc(OC)c(C)c2)C1. The minimum absolute atomic E-state index is 0.149. The van der Waals surface area contributed by atoms with Gasteiger partial charge in [0.05, 0.1) is 30.2 Å². The average Bonchev–Trinajstić information content (AvgIpc) is 2.75. The summed E-state index contributed by atoms with van der Waals surface area (Å²) in [6.07, 6.45) is 1.26. The van der Waals surface area contributed by atoms with E-state index in [0.29, 0.717) is 43.2 Å². The zero-order chi connectivity index (χ0) is 21.7. The smallest absolute Gasteiger partial charge is 0.243 e. The maximum Gasteiger partial charge on any atom is 0.243 e. The second kappa shape index (κ2) is 9.49. The van der Waals surface area contributed by atoms with E-state index in [-0.39, 0.29) is 17.3 Å². The number of aryl methyl sites for hydroxylation is 1. The first kappa shape index (κ1) is 22.1. The van der Waals surface area contributed by atoms with Gasteiger partial charge in [-0.3, -0.25) is 4.79 Å². The van der Waals surface area contributed by atoms with Crippen molar-refractivity contribution < 1.29 is 22.7 Å². The van der Waals surface area contributed by atoms with Crippen LogP contribution in [0.3, 0.4) is 0 Å². The Morgan fingerprint density at radius 1 is 1.20 bits per heavy atom. The van der Waals surface area contributed by atoms with Gasteiger partial charge in [0, 0.05) is 13.1 Å². The Morgan fingerprint density at radius 2 is 1.97 bits per heavy atom. The fraction of sp³-hybridized carbons (Fsp3) is 0.409. The molecule has 1 amide bonds. The summed E-state index contributed by atoms with van der Waals surface area (Å²) in [4.78, 5) is 13.1. The minimum atomic E-state index is -3.69. The van der Waals surface area contributed by atoms with Crippen molar-refractivity contribution in [1.82, 2.24) is 4.31 Å². The van der Waals surface area contributed by atoms with Gasteiger partial charge in [-0.25, -0.2) is 8.42 Å². The van der Waals surface area contributed by atoms with Crippen LogP contribution in [0.5, 0.6) is 11.5 Å². The maximum atomic E-state index is 13.1. The van der Waals surface area contributed by atoms with E-state index in [4.69, 9.17) is 9.47 Å². The van der Waals surface area contributed by atoms with E-state index in [0.717, 1.165) is 5.56 Å². The Hall–Kier alpha value is -2.58. The van der Waals surface area contributed by atoms with E-state index in [9.17, 15) is 13.2 Å². The summed E-state index contributed by atoms with van der Waals surface area (Å²) in [6.45, 7) is 4.72. The lowest BCUT2D eigenvalue weighted by Gasteiger charge is -2.31. The lowest BCUT2D eigenvalue weighted by molar-refractivity contribution is -0.120. The largest absolute Gasteiger partial charge is 0.496 e. The van der Waals surface area contributed by atoms with Gasteiger partial charge in [-0.2, -0.15) is 4.31 Å². The number of piperidine rings is 1. The molecule has 8 heteroatoms. The molecular formula is C22H28N2O5S. The third-order valence-corrected chi connectivity index (χ3v) is 7.06. The molecule has 1 aliphatic heterocycles. The molecule has 0 spiro atoms. The normalized spacial score (nSPS) is 17.4. The molecule has 30 heavy (non-hydrogen) atoms. The predicted octanol–water partition coefficient (Wildman–Crippen LogP) is 3.44. The molecule has 1 heterocycles. The molecular weight excluding hydrogens is 404 g/mol. The zero-order valence-corrected chi connectivity index (χ0v) is 18.4. The number of benzene rings is 2. The van der Waals surface area contributed by atoms with Crippen LogP contribution in [0.15, 0.2) is 47.4 Å². The number of carbonyl (C=O) groups excluding carboxylic acids is 1. The van der Waals surface area contributed by atoms with Gasteiger partial charge in [0.2, 0.25) is 15.9 Å². The van der Waals surface area contributed by atoms with Gasteiger partial charge in [0.1, 0.15) is 11.5 Å². The Morgan fingerprint density at radius 3 is 2.67 bits per heavy atom. The van der Waals surface area contributed by atoms with Crippen molar-refractivity contribution >= 4 is 21.6 Å². The van der Waals surface area contributed by atoms with Gasteiger partial charge in [-0.05, 0) is 62.6 Å². The summed E-state index contributed by atoms with van der Waals surface area (Å²) < 4.78 is 38.5. The first-order chi connectivity index (χ1) is 14.4. The Balaban J connectivity index is 1.75. The fourth-order valence-corrected chi connectivity index (χ4v) is 5.23. The Bertz CT molecular complexity index is 1010. The number of nitrogens with zero attached hydrogens (tertiary/aromatic N) is 1. The molecule has 3 rings (SSSR count). The van der Waals surface area contributed by atoms with Gasteiger partial charge < -0.3 is 14.8 Å². The topological polar surface area (TPSA) is 84.9 Å². The average molecular weight is 433 g/mol. The van der Waals surface area contributed by atoms with E-state index < -0.39 is 15.9 Å². The lowest BCUT2D eigenvalue weighted by Crippen LogP contribution is -2.43. The number of methoxy groups -OCH3 is 1. The van der Waals surface area contributed by atoms with Gasteiger partial charge in [-0.1, -0.05) is 12.1 Å². The molecule has 0 unspecified atom stereocenters. The highest BCUT2D eigenvalue weighted by Crippen LogP contribution is 2.29. The Labute approximate surface area is 178 Å². The first-order valence-electron chi connectivity index (χ1n) is 10.0. The van der Waals surface area contributed by atoms with Gasteiger partial charge >= 0.3 is 0 Å². The van der Waals surface area contributed by atoms with Crippen molar-refractivity contribution in [2.45, 2.75) is 31.6 Å². The van der Waals surface area contributed by atoms with Crippen LogP contribution < -0.4 is 14.8 Å². The summed E-state index contributed by atoms with van der Waals surface area (Å²) in [7, 11) is -2.14.